The van der Waals surface area contributed by atoms with E-state index in [9.17, 15) is 0 Å². The minimum absolute atomic E-state index is 1.04. The lowest BCUT2D eigenvalue weighted by atomic mass is 10.3. The van der Waals surface area contributed by atoms with Crippen molar-refractivity contribution < 1.29 is 0 Å². The average molecular weight is 163 g/mol. The van der Waals surface area contributed by atoms with Crippen molar-refractivity contribution in [2.75, 3.05) is 13.6 Å². The summed E-state index contributed by atoms with van der Waals surface area (Å²) < 4.78 is 0. The van der Waals surface area contributed by atoms with E-state index >= 15 is 0 Å². The van der Waals surface area contributed by atoms with Gasteiger partial charge >= 0.3 is 0 Å². The van der Waals surface area contributed by atoms with Gasteiger partial charge in [-0.25, -0.2) is 0 Å². The van der Waals surface area contributed by atoms with Gasteiger partial charge in [0.05, 0.1) is 0 Å². The first-order chi connectivity index (χ1) is 5.79. The second kappa shape index (κ2) is 4.15. The molecule has 66 valence electrons. The molecule has 0 aliphatic heterocycles. The van der Waals surface area contributed by atoms with Crippen LogP contribution in [0.5, 0.6) is 0 Å². The van der Waals surface area contributed by atoms with Gasteiger partial charge in [0.2, 0.25) is 0 Å². The van der Waals surface area contributed by atoms with Crippen LogP contribution in [0.2, 0.25) is 0 Å². The zero-order chi connectivity index (χ0) is 8.97. The summed E-state index contributed by atoms with van der Waals surface area (Å²) in [5, 5.41) is 0. The highest BCUT2D eigenvalue weighted by Gasteiger charge is 2.17. The van der Waals surface area contributed by atoms with Crippen LogP contribution in [0.15, 0.2) is 36.6 Å². The van der Waals surface area contributed by atoms with Gasteiger partial charge in [-0.05, 0) is 30.9 Å². The topological polar surface area (TPSA) is 3.24 Å². The van der Waals surface area contributed by atoms with Gasteiger partial charge in [-0.1, -0.05) is 12.7 Å². The van der Waals surface area contributed by atoms with Gasteiger partial charge < -0.3 is 4.90 Å². The quantitative estimate of drug-likeness (QED) is 0.563. The number of hydrogen-bond acceptors (Lipinski definition) is 1. The maximum atomic E-state index is 3.83. The normalized spacial score (nSPS) is 13.9. The summed E-state index contributed by atoms with van der Waals surface area (Å²) >= 11 is 0. The van der Waals surface area contributed by atoms with Crippen molar-refractivity contribution in [1.29, 1.82) is 0 Å². The minimum Gasteiger partial charge on any atom is -0.374 e. The Kier molecular flexibility index (Phi) is 3.15. The maximum Gasteiger partial charge on any atom is 0.0349 e. The number of hydrogen-bond donors (Lipinski definition) is 0. The van der Waals surface area contributed by atoms with Gasteiger partial charge in [0, 0.05) is 19.3 Å². The van der Waals surface area contributed by atoms with Crippen LogP contribution in [0.25, 0.3) is 0 Å². The second-order valence-electron chi connectivity index (χ2n) is 3.19. The summed E-state index contributed by atoms with van der Waals surface area (Å²) in [6.07, 6.45) is 7.49. The molecule has 0 amide bonds. The van der Waals surface area contributed by atoms with Crippen molar-refractivity contribution in [1.82, 2.24) is 4.90 Å². The van der Waals surface area contributed by atoms with Crippen LogP contribution in [0.4, 0.5) is 0 Å². The molecule has 1 nitrogen and oxygen atoms in total. The van der Waals surface area contributed by atoms with Gasteiger partial charge in [-0.3, -0.25) is 0 Å². The lowest BCUT2D eigenvalue weighted by Gasteiger charge is -2.19. The molecule has 0 radical (unpaired) electrons. The molecule has 0 aromatic heterocycles. The van der Waals surface area contributed by atoms with E-state index in [0.717, 1.165) is 13.0 Å². The zero-order valence-corrected chi connectivity index (χ0v) is 7.84. The second-order valence-corrected chi connectivity index (χ2v) is 3.19. The van der Waals surface area contributed by atoms with Crippen LogP contribution in [0.3, 0.4) is 0 Å². The third kappa shape index (κ3) is 2.26. The Hall–Kier alpha value is -0.980. The summed E-state index contributed by atoms with van der Waals surface area (Å²) in [5.74, 6) is 0. The summed E-state index contributed by atoms with van der Waals surface area (Å²) in [7, 11) is 2.12. The number of rotatable bonds is 5. The molecule has 12 heavy (non-hydrogen) atoms. The minimum atomic E-state index is 1.04. The molecule has 0 bridgehead atoms. The molecule has 0 aromatic rings. The Morgan fingerprint density at radius 2 is 2.17 bits per heavy atom. The van der Waals surface area contributed by atoms with E-state index in [0.29, 0.717) is 0 Å². The van der Waals surface area contributed by atoms with Crippen molar-refractivity contribution in [3.05, 3.63) is 36.6 Å². The van der Waals surface area contributed by atoms with Crippen molar-refractivity contribution in [3.63, 3.8) is 0 Å². The molecule has 0 heterocycles. The Bertz CT molecular complexity index is 207. The van der Waals surface area contributed by atoms with E-state index in [1.807, 2.05) is 12.2 Å². The first-order valence-corrected chi connectivity index (χ1v) is 4.46. The molecular formula is C11H17N. The molecule has 1 heteroatoms. The molecule has 1 rings (SSSR count). The molecule has 1 aliphatic rings. The summed E-state index contributed by atoms with van der Waals surface area (Å²) in [6, 6.07) is 0. The first-order valence-electron chi connectivity index (χ1n) is 4.46. The number of nitrogens with zero attached hydrogens (tertiary/aromatic N) is 1. The Morgan fingerprint density at radius 3 is 2.58 bits per heavy atom. The van der Waals surface area contributed by atoms with E-state index in [4.69, 9.17) is 0 Å². The van der Waals surface area contributed by atoms with E-state index in [1.54, 1.807) is 5.57 Å². The van der Waals surface area contributed by atoms with Gasteiger partial charge in [0.15, 0.2) is 0 Å². The lowest BCUT2D eigenvalue weighted by Crippen LogP contribution is -2.17. The van der Waals surface area contributed by atoms with Crippen LogP contribution in [-0.4, -0.2) is 18.5 Å². The molecular weight excluding hydrogens is 146 g/mol. The van der Waals surface area contributed by atoms with Crippen LogP contribution in [-0.2, 0) is 0 Å². The van der Waals surface area contributed by atoms with Crippen LogP contribution in [0.1, 0.15) is 19.3 Å². The highest BCUT2D eigenvalue weighted by molar-refractivity contribution is 5.31. The molecule has 0 aromatic carbocycles. The molecule has 0 N–H and O–H groups in total. The Labute approximate surface area is 75.1 Å². The third-order valence-electron chi connectivity index (χ3n) is 2.14. The van der Waals surface area contributed by atoms with Gasteiger partial charge in [-0.2, -0.15) is 0 Å². The van der Waals surface area contributed by atoms with Crippen molar-refractivity contribution in [2.24, 2.45) is 0 Å². The molecule has 1 fully saturated rings. The third-order valence-corrected chi connectivity index (χ3v) is 2.14. The van der Waals surface area contributed by atoms with Crippen molar-refractivity contribution >= 4 is 0 Å². The molecule has 0 saturated heterocycles. The smallest absolute Gasteiger partial charge is 0.0349 e. The Morgan fingerprint density at radius 1 is 1.50 bits per heavy atom. The predicted octanol–water partition coefficient (Wildman–Crippen LogP) is 2.73. The predicted molar refractivity (Wildman–Crippen MR) is 53.9 cm³/mol. The monoisotopic (exact) mass is 163 g/mol. The molecule has 0 atom stereocenters. The lowest BCUT2D eigenvalue weighted by molar-refractivity contribution is 0.437. The molecule has 0 unspecified atom stereocenters. The molecule has 1 aliphatic carbocycles. The summed E-state index contributed by atoms with van der Waals surface area (Å²) in [6.45, 7) is 8.59. The van der Waals surface area contributed by atoms with Gasteiger partial charge in [0.25, 0.3) is 0 Å². The Balaban J connectivity index is 2.48. The fourth-order valence-corrected chi connectivity index (χ4v) is 1.29. The van der Waals surface area contributed by atoms with Gasteiger partial charge in [-0.15, -0.1) is 6.58 Å². The molecule has 0 spiro atoms. The standard InChI is InChI=1S/C11H17N/c1-4-6-9-12(3)11(5-2)10-7-8-10/h4-5H,1-2,6-9H2,3H3. The van der Waals surface area contributed by atoms with E-state index < -0.39 is 0 Å². The first kappa shape index (κ1) is 9.11. The summed E-state index contributed by atoms with van der Waals surface area (Å²) in [5.41, 5.74) is 2.88. The fraction of sp³-hybridized carbons (Fsp3) is 0.455. The average Bonchev–Trinajstić information content (AvgIpc) is 2.86. The SMILES string of the molecule is C=CCCN(C)C(C=C)=C1CC1. The van der Waals surface area contributed by atoms with Crippen molar-refractivity contribution in [3.8, 4) is 0 Å². The highest BCUT2D eigenvalue weighted by Crippen LogP contribution is 2.33. The van der Waals surface area contributed by atoms with Crippen molar-refractivity contribution in [2.45, 2.75) is 19.3 Å². The zero-order valence-electron chi connectivity index (χ0n) is 7.84. The fourth-order valence-electron chi connectivity index (χ4n) is 1.29. The van der Waals surface area contributed by atoms with Gasteiger partial charge in [0.1, 0.15) is 0 Å². The summed E-state index contributed by atoms with van der Waals surface area (Å²) in [4.78, 5) is 2.26. The largest absolute Gasteiger partial charge is 0.374 e. The number of likely N-dealkylation sites (N-methyl/N-ethyl adjacent to an activating group) is 1. The van der Waals surface area contributed by atoms with Crippen LogP contribution < -0.4 is 0 Å². The van der Waals surface area contributed by atoms with E-state index in [1.165, 1.54) is 18.5 Å². The maximum absolute atomic E-state index is 3.83. The molecule has 1 saturated carbocycles. The van der Waals surface area contributed by atoms with E-state index in [-0.39, 0.29) is 0 Å². The van der Waals surface area contributed by atoms with Crippen LogP contribution >= 0.6 is 0 Å². The number of allylic oxidation sites excluding steroid dienone is 2. The van der Waals surface area contributed by atoms with Crippen LogP contribution in [0, 0.1) is 0 Å². The highest BCUT2D eigenvalue weighted by atomic mass is 15.1. The van der Waals surface area contributed by atoms with E-state index in [2.05, 4.69) is 25.1 Å².